The van der Waals surface area contributed by atoms with Crippen molar-refractivity contribution in [2.45, 2.75) is 32.7 Å². The number of nitrogens with two attached hydrogens (primary N) is 1. The lowest BCUT2D eigenvalue weighted by molar-refractivity contribution is -0.138. The molecule has 0 aromatic rings. The fraction of sp³-hybridized carbons (Fsp3) is 0.857. The Morgan fingerprint density at radius 1 is 1.70 bits per heavy atom. The molecule has 3 N–H and O–H groups in total. The molecule has 10 heavy (non-hydrogen) atoms. The van der Waals surface area contributed by atoms with Gasteiger partial charge in [-0.15, -0.1) is 0 Å². The van der Waals surface area contributed by atoms with Crippen molar-refractivity contribution in [3.8, 4) is 0 Å². The standard InChI is InChI=1S/C7H15NO2/c1-5(4-6(9)10)7(2,3)8/h5H,4,8H2,1-3H3,(H,9,10)/t5-/m0/s1. The van der Waals surface area contributed by atoms with E-state index in [1.807, 2.05) is 20.8 Å². The second-order valence-electron chi connectivity index (χ2n) is 3.32. The van der Waals surface area contributed by atoms with Gasteiger partial charge in [0.2, 0.25) is 0 Å². The number of hydrogen-bond donors (Lipinski definition) is 2. The highest BCUT2D eigenvalue weighted by Gasteiger charge is 2.22. The molecule has 0 heterocycles. The second kappa shape index (κ2) is 3.01. The number of rotatable bonds is 3. The molecule has 0 aliphatic carbocycles. The van der Waals surface area contributed by atoms with Crippen molar-refractivity contribution in [3.05, 3.63) is 0 Å². The summed E-state index contributed by atoms with van der Waals surface area (Å²) in [5.74, 6) is -0.768. The highest BCUT2D eigenvalue weighted by Crippen LogP contribution is 2.15. The minimum Gasteiger partial charge on any atom is -0.481 e. The van der Waals surface area contributed by atoms with Crippen LogP contribution in [0.4, 0.5) is 0 Å². The topological polar surface area (TPSA) is 63.3 Å². The van der Waals surface area contributed by atoms with Gasteiger partial charge in [-0.1, -0.05) is 6.92 Å². The predicted octanol–water partition coefficient (Wildman–Crippen LogP) is 0.835. The molecule has 0 aromatic carbocycles. The van der Waals surface area contributed by atoms with Crippen LogP contribution in [0.2, 0.25) is 0 Å². The molecule has 3 nitrogen and oxygen atoms in total. The van der Waals surface area contributed by atoms with Gasteiger partial charge in [0.05, 0.1) is 0 Å². The lowest BCUT2D eigenvalue weighted by Crippen LogP contribution is -2.40. The first-order chi connectivity index (χ1) is 4.34. The van der Waals surface area contributed by atoms with E-state index in [0.717, 1.165) is 0 Å². The Kier molecular flexibility index (Phi) is 2.84. The fourth-order valence-electron chi connectivity index (χ4n) is 0.525. The van der Waals surface area contributed by atoms with E-state index >= 15 is 0 Å². The maximum absolute atomic E-state index is 10.2. The Balaban J connectivity index is 3.85. The molecule has 0 fully saturated rings. The number of carboxylic acids is 1. The van der Waals surface area contributed by atoms with E-state index in [9.17, 15) is 4.79 Å². The van der Waals surface area contributed by atoms with Crippen LogP contribution in [0.1, 0.15) is 27.2 Å². The highest BCUT2D eigenvalue weighted by molar-refractivity contribution is 5.67. The normalized spacial score (nSPS) is 14.8. The average molecular weight is 145 g/mol. The summed E-state index contributed by atoms with van der Waals surface area (Å²) >= 11 is 0. The Hall–Kier alpha value is -0.570. The Bertz CT molecular complexity index is 126. The smallest absolute Gasteiger partial charge is 0.303 e. The van der Waals surface area contributed by atoms with Crippen molar-refractivity contribution in [1.82, 2.24) is 0 Å². The lowest BCUT2D eigenvalue weighted by Gasteiger charge is -2.25. The first kappa shape index (κ1) is 9.43. The molecule has 0 amide bonds. The van der Waals surface area contributed by atoms with E-state index in [1.165, 1.54) is 0 Å². The maximum Gasteiger partial charge on any atom is 0.303 e. The molecular formula is C7H15NO2. The van der Waals surface area contributed by atoms with Crippen molar-refractivity contribution in [2.75, 3.05) is 0 Å². The molecule has 0 aliphatic heterocycles. The van der Waals surface area contributed by atoms with Crippen molar-refractivity contribution in [3.63, 3.8) is 0 Å². The largest absolute Gasteiger partial charge is 0.481 e. The van der Waals surface area contributed by atoms with Gasteiger partial charge in [0.1, 0.15) is 0 Å². The Morgan fingerprint density at radius 3 is 2.20 bits per heavy atom. The van der Waals surface area contributed by atoms with Gasteiger partial charge in [-0.25, -0.2) is 0 Å². The molecule has 0 bridgehead atoms. The van der Waals surface area contributed by atoms with Gasteiger partial charge < -0.3 is 10.8 Å². The Morgan fingerprint density at radius 2 is 2.10 bits per heavy atom. The molecule has 3 heteroatoms. The maximum atomic E-state index is 10.2. The molecular weight excluding hydrogens is 130 g/mol. The van der Waals surface area contributed by atoms with Gasteiger partial charge in [0.15, 0.2) is 0 Å². The number of hydrogen-bond acceptors (Lipinski definition) is 2. The molecule has 60 valence electrons. The van der Waals surface area contributed by atoms with Crippen molar-refractivity contribution in [1.29, 1.82) is 0 Å². The summed E-state index contributed by atoms with van der Waals surface area (Å²) in [4.78, 5) is 10.2. The fourth-order valence-corrected chi connectivity index (χ4v) is 0.525. The van der Waals surface area contributed by atoms with Gasteiger partial charge in [-0.2, -0.15) is 0 Å². The summed E-state index contributed by atoms with van der Waals surface area (Å²) in [6.07, 6.45) is 0.142. The van der Waals surface area contributed by atoms with Gasteiger partial charge in [-0.05, 0) is 19.8 Å². The van der Waals surface area contributed by atoms with E-state index in [2.05, 4.69) is 0 Å². The van der Waals surface area contributed by atoms with Gasteiger partial charge in [0.25, 0.3) is 0 Å². The third kappa shape index (κ3) is 3.45. The van der Waals surface area contributed by atoms with E-state index in [0.29, 0.717) is 0 Å². The monoisotopic (exact) mass is 145 g/mol. The van der Waals surface area contributed by atoms with Crippen LogP contribution in [0.3, 0.4) is 0 Å². The van der Waals surface area contributed by atoms with Crippen LogP contribution in [0.5, 0.6) is 0 Å². The molecule has 1 atom stereocenters. The molecule has 0 aromatic heterocycles. The quantitative estimate of drug-likeness (QED) is 0.618. The number of carboxylic acid groups (broad SMARTS) is 1. The van der Waals surface area contributed by atoms with Crippen molar-refractivity contribution in [2.24, 2.45) is 11.7 Å². The summed E-state index contributed by atoms with van der Waals surface area (Å²) in [7, 11) is 0. The van der Waals surface area contributed by atoms with E-state index in [-0.39, 0.29) is 12.3 Å². The van der Waals surface area contributed by atoms with E-state index in [1.54, 1.807) is 0 Å². The zero-order valence-electron chi connectivity index (χ0n) is 6.72. The summed E-state index contributed by atoms with van der Waals surface area (Å²) in [6.45, 7) is 5.51. The lowest BCUT2D eigenvalue weighted by atomic mass is 9.88. The second-order valence-corrected chi connectivity index (χ2v) is 3.32. The summed E-state index contributed by atoms with van der Waals surface area (Å²) in [6, 6.07) is 0. The van der Waals surface area contributed by atoms with Crippen LogP contribution < -0.4 is 5.73 Å². The van der Waals surface area contributed by atoms with Crippen LogP contribution in [0.15, 0.2) is 0 Å². The minimum absolute atomic E-state index is 0.0185. The molecule has 0 unspecified atom stereocenters. The third-order valence-electron chi connectivity index (χ3n) is 1.75. The molecule has 0 spiro atoms. The van der Waals surface area contributed by atoms with Crippen LogP contribution in [0, 0.1) is 5.92 Å². The molecule has 0 radical (unpaired) electrons. The molecule has 0 saturated carbocycles. The molecule has 0 rings (SSSR count). The minimum atomic E-state index is -0.786. The average Bonchev–Trinajstić information content (AvgIpc) is 1.60. The summed E-state index contributed by atoms with van der Waals surface area (Å²) in [5.41, 5.74) is 5.27. The zero-order valence-corrected chi connectivity index (χ0v) is 6.72. The van der Waals surface area contributed by atoms with E-state index < -0.39 is 11.5 Å². The van der Waals surface area contributed by atoms with Crippen LogP contribution in [0.25, 0.3) is 0 Å². The van der Waals surface area contributed by atoms with Crippen molar-refractivity contribution >= 4 is 5.97 Å². The first-order valence-corrected chi connectivity index (χ1v) is 3.34. The predicted molar refractivity (Wildman–Crippen MR) is 39.7 cm³/mol. The molecule has 0 aliphatic rings. The third-order valence-corrected chi connectivity index (χ3v) is 1.75. The number of aliphatic carboxylic acids is 1. The number of carbonyl (C=O) groups is 1. The van der Waals surface area contributed by atoms with Crippen LogP contribution >= 0.6 is 0 Å². The van der Waals surface area contributed by atoms with Crippen molar-refractivity contribution < 1.29 is 9.90 Å². The van der Waals surface area contributed by atoms with Crippen LogP contribution in [-0.2, 0) is 4.79 Å². The SMILES string of the molecule is C[C@@H](CC(=O)O)C(C)(C)N. The Labute approximate surface area is 61.2 Å². The summed E-state index contributed by atoms with van der Waals surface area (Å²) < 4.78 is 0. The van der Waals surface area contributed by atoms with Gasteiger partial charge >= 0.3 is 5.97 Å². The van der Waals surface area contributed by atoms with Gasteiger partial charge in [0, 0.05) is 12.0 Å². The highest BCUT2D eigenvalue weighted by atomic mass is 16.4. The first-order valence-electron chi connectivity index (χ1n) is 3.34. The summed E-state index contributed by atoms with van der Waals surface area (Å²) in [5, 5.41) is 8.39. The van der Waals surface area contributed by atoms with E-state index in [4.69, 9.17) is 10.8 Å². The van der Waals surface area contributed by atoms with Crippen LogP contribution in [-0.4, -0.2) is 16.6 Å². The zero-order chi connectivity index (χ0) is 8.36. The van der Waals surface area contributed by atoms with Gasteiger partial charge in [-0.3, -0.25) is 4.79 Å². The molecule has 0 saturated heterocycles.